The zero-order valence-corrected chi connectivity index (χ0v) is 10.7. The van der Waals surface area contributed by atoms with Gasteiger partial charge in [-0.15, -0.1) is 0 Å². The summed E-state index contributed by atoms with van der Waals surface area (Å²) in [6.45, 7) is 0.697. The number of hydrogen-bond donors (Lipinski definition) is 3. The molecule has 1 saturated carbocycles. The van der Waals surface area contributed by atoms with Crippen molar-refractivity contribution in [2.75, 3.05) is 6.54 Å². The van der Waals surface area contributed by atoms with Crippen molar-refractivity contribution in [3.8, 4) is 0 Å². The van der Waals surface area contributed by atoms with Gasteiger partial charge in [-0.3, -0.25) is 4.79 Å². The molecule has 0 aromatic heterocycles. The standard InChI is InChI=1S/C13H26N2O2/c14-10-6-2-5-9-13(17)15-11-7-3-1-4-8-12(11)16/h11-12,16H,1-10,14H2,(H,15,17). The normalized spacial score (nSPS) is 25.3. The van der Waals surface area contributed by atoms with Gasteiger partial charge in [-0.05, 0) is 32.2 Å². The lowest BCUT2D eigenvalue weighted by atomic mass is 10.1. The van der Waals surface area contributed by atoms with Crippen LogP contribution in [0.5, 0.6) is 0 Å². The van der Waals surface area contributed by atoms with E-state index in [9.17, 15) is 9.90 Å². The van der Waals surface area contributed by atoms with Gasteiger partial charge in [0, 0.05) is 6.42 Å². The van der Waals surface area contributed by atoms with E-state index in [4.69, 9.17) is 5.73 Å². The number of unbranched alkanes of at least 4 members (excludes halogenated alkanes) is 2. The van der Waals surface area contributed by atoms with Gasteiger partial charge < -0.3 is 16.2 Å². The Hall–Kier alpha value is -0.610. The van der Waals surface area contributed by atoms with E-state index in [0.717, 1.165) is 44.9 Å². The van der Waals surface area contributed by atoms with Crippen molar-refractivity contribution in [2.45, 2.75) is 69.9 Å². The van der Waals surface area contributed by atoms with Crippen molar-refractivity contribution >= 4 is 5.91 Å². The molecule has 0 heterocycles. The highest BCUT2D eigenvalue weighted by Crippen LogP contribution is 2.18. The van der Waals surface area contributed by atoms with Gasteiger partial charge in [0.15, 0.2) is 0 Å². The Morgan fingerprint density at radius 2 is 1.94 bits per heavy atom. The van der Waals surface area contributed by atoms with Gasteiger partial charge >= 0.3 is 0 Å². The summed E-state index contributed by atoms with van der Waals surface area (Å²) in [5.74, 6) is 0.0768. The molecule has 100 valence electrons. The molecule has 0 aliphatic heterocycles. The zero-order chi connectivity index (χ0) is 12.5. The van der Waals surface area contributed by atoms with Gasteiger partial charge in [-0.25, -0.2) is 0 Å². The molecule has 1 aliphatic rings. The third-order valence-corrected chi connectivity index (χ3v) is 3.43. The number of amides is 1. The lowest BCUT2D eigenvalue weighted by molar-refractivity contribution is -0.122. The summed E-state index contributed by atoms with van der Waals surface area (Å²) < 4.78 is 0. The molecular weight excluding hydrogens is 216 g/mol. The van der Waals surface area contributed by atoms with Gasteiger partial charge in [0.05, 0.1) is 12.1 Å². The molecule has 0 radical (unpaired) electrons. The number of aliphatic hydroxyl groups excluding tert-OH is 1. The lowest BCUT2D eigenvalue weighted by Crippen LogP contribution is -2.42. The highest BCUT2D eigenvalue weighted by Gasteiger charge is 2.22. The maximum absolute atomic E-state index is 11.7. The van der Waals surface area contributed by atoms with Crippen molar-refractivity contribution < 1.29 is 9.90 Å². The summed E-state index contributed by atoms with van der Waals surface area (Å²) in [6.07, 6.45) is 8.17. The van der Waals surface area contributed by atoms with Crippen molar-refractivity contribution in [1.82, 2.24) is 5.32 Å². The van der Waals surface area contributed by atoms with Crippen LogP contribution >= 0.6 is 0 Å². The number of hydrogen-bond acceptors (Lipinski definition) is 3. The molecule has 4 nitrogen and oxygen atoms in total. The van der Waals surface area contributed by atoms with Crippen LogP contribution in [-0.4, -0.2) is 29.7 Å². The molecule has 1 rings (SSSR count). The van der Waals surface area contributed by atoms with Crippen LogP contribution in [0.4, 0.5) is 0 Å². The predicted molar refractivity (Wildman–Crippen MR) is 68.5 cm³/mol. The largest absolute Gasteiger partial charge is 0.391 e. The Balaban J connectivity index is 2.19. The Bertz CT molecular complexity index is 221. The molecule has 1 amide bonds. The third kappa shape index (κ3) is 6.03. The fraction of sp³-hybridized carbons (Fsp3) is 0.923. The van der Waals surface area contributed by atoms with Crippen LogP contribution in [0.2, 0.25) is 0 Å². The lowest BCUT2D eigenvalue weighted by Gasteiger charge is -2.21. The van der Waals surface area contributed by atoms with E-state index in [1.54, 1.807) is 0 Å². The van der Waals surface area contributed by atoms with E-state index in [1.165, 1.54) is 6.42 Å². The van der Waals surface area contributed by atoms with Gasteiger partial charge in [0.1, 0.15) is 0 Å². The molecule has 1 fully saturated rings. The number of aliphatic hydroxyl groups is 1. The predicted octanol–water partition coefficient (Wildman–Crippen LogP) is 1.32. The molecule has 0 aromatic carbocycles. The van der Waals surface area contributed by atoms with E-state index in [0.29, 0.717) is 13.0 Å². The molecule has 0 bridgehead atoms. The minimum absolute atomic E-state index is 0.0282. The average molecular weight is 242 g/mol. The molecule has 2 unspecified atom stereocenters. The summed E-state index contributed by atoms with van der Waals surface area (Å²) >= 11 is 0. The van der Waals surface area contributed by atoms with Gasteiger partial charge in [0.2, 0.25) is 5.91 Å². The molecule has 1 aliphatic carbocycles. The van der Waals surface area contributed by atoms with E-state index in [-0.39, 0.29) is 18.1 Å². The monoisotopic (exact) mass is 242 g/mol. The van der Waals surface area contributed by atoms with Crippen molar-refractivity contribution in [1.29, 1.82) is 0 Å². The van der Waals surface area contributed by atoms with Crippen LogP contribution in [-0.2, 0) is 4.79 Å². The average Bonchev–Trinajstić information content (AvgIpc) is 2.51. The number of nitrogens with two attached hydrogens (primary N) is 1. The fourth-order valence-corrected chi connectivity index (χ4v) is 2.34. The fourth-order valence-electron chi connectivity index (χ4n) is 2.34. The summed E-state index contributed by atoms with van der Waals surface area (Å²) in [5.41, 5.74) is 5.40. The smallest absolute Gasteiger partial charge is 0.220 e. The third-order valence-electron chi connectivity index (χ3n) is 3.43. The summed E-state index contributed by atoms with van der Waals surface area (Å²) in [4.78, 5) is 11.7. The minimum Gasteiger partial charge on any atom is -0.391 e. The van der Waals surface area contributed by atoms with Crippen LogP contribution < -0.4 is 11.1 Å². The van der Waals surface area contributed by atoms with Crippen molar-refractivity contribution in [3.63, 3.8) is 0 Å². The molecule has 17 heavy (non-hydrogen) atoms. The summed E-state index contributed by atoms with van der Waals surface area (Å²) in [6, 6.07) is -0.0282. The van der Waals surface area contributed by atoms with Crippen LogP contribution in [0.3, 0.4) is 0 Å². The van der Waals surface area contributed by atoms with Crippen LogP contribution in [0.1, 0.15) is 57.8 Å². The second-order valence-corrected chi connectivity index (χ2v) is 4.98. The van der Waals surface area contributed by atoms with Gasteiger partial charge in [-0.1, -0.05) is 25.7 Å². The number of carbonyl (C=O) groups excluding carboxylic acids is 1. The van der Waals surface area contributed by atoms with Gasteiger partial charge in [0.25, 0.3) is 0 Å². The summed E-state index contributed by atoms with van der Waals surface area (Å²) in [7, 11) is 0. The first kappa shape index (κ1) is 14.5. The van der Waals surface area contributed by atoms with E-state index >= 15 is 0 Å². The van der Waals surface area contributed by atoms with Crippen molar-refractivity contribution in [3.05, 3.63) is 0 Å². The molecule has 4 N–H and O–H groups in total. The van der Waals surface area contributed by atoms with E-state index in [1.807, 2.05) is 0 Å². The Labute approximate surface area is 104 Å². The molecule has 0 spiro atoms. The number of rotatable bonds is 6. The molecule has 2 atom stereocenters. The molecule has 0 aromatic rings. The first-order valence-electron chi connectivity index (χ1n) is 6.91. The SMILES string of the molecule is NCCCCCC(=O)NC1CCCCCC1O. The number of carbonyl (C=O) groups is 1. The topological polar surface area (TPSA) is 75.4 Å². The second-order valence-electron chi connectivity index (χ2n) is 4.98. The molecule has 0 saturated heterocycles. The highest BCUT2D eigenvalue weighted by molar-refractivity contribution is 5.76. The Morgan fingerprint density at radius 3 is 2.71 bits per heavy atom. The van der Waals surface area contributed by atoms with Crippen LogP contribution in [0, 0.1) is 0 Å². The maximum Gasteiger partial charge on any atom is 0.220 e. The first-order valence-corrected chi connectivity index (χ1v) is 6.91. The molecule has 4 heteroatoms. The Morgan fingerprint density at radius 1 is 1.18 bits per heavy atom. The second kappa shape index (κ2) is 8.48. The Kier molecular flexibility index (Phi) is 7.21. The van der Waals surface area contributed by atoms with Crippen molar-refractivity contribution in [2.24, 2.45) is 5.73 Å². The number of nitrogens with one attached hydrogen (secondary N) is 1. The maximum atomic E-state index is 11.7. The quantitative estimate of drug-likeness (QED) is 0.485. The van der Waals surface area contributed by atoms with Crippen LogP contribution in [0.15, 0.2) is 0 Å². The van der Waals surface area contributed by atoms with E-state index in [2.05, 4.69) is 5.32 Å². The summed E-state index contributed by atoms with van der Waals surface area (Å²) in [5, 5.41) is 12.8. The molecular formula is C13H26N2O2. The zero-order valence-electron chi connectivity index (χ0n) is 10.7. The minimum atomic E-state index is -0.356. The van der Waals surface area contributed by atoms with Gasteiger partial charge in [-0.2, -0.15) is 0 Å². The first-order chi connectivity index (χ1) is 8.24. The van der Waals surface area contributed by atoms with Crippen LogP contribution in [0.25, 0.3) is 0 Å². The van der Waals surface area contributed by atoms with E-state index < -0.39 is 0 Å². The highest BCUT2D eigenvalue weighted by atomic mass is 16.3.